The van der Waals surface area contributed by atoms with E-state index in [0.717, 1.165) is 32.6 Å². The molecule has 2 aromatic carbocycles. The Bertz CT molecular complexity index is 661. The summed E-state index contributed by atoms with van der Waals surface area (Å²) in [4.78, 5) is 5.21. The van der Waals surface area contributed by atoms with Gasteiger partial charge in [0, 0.05) is 37.8 Å². The fourth-order valence-electron chi connectivity index (χ4n) is 3.87. The lowest BCUT2D eigenvalue weighted by Gasteiger charge is -2.48. The van der Waals surface area contributed by atoms with Crippen molar-refractivity contribution in [2.75, 3.05) is 19.6 Å². The van der Waals surface area contributed by atoms with Crippen LogP contribution in [0.1, 0.15) is 31.9 Å². The van der Waals surface area contributed by atoms with Crippen LogP contribution in [-0.4, -0.2) is 46.1 Å². The van der Waals surface area contributed by atoms with Crippen molar-refractivity contribution in [1.82, 2.24) is 9.80 Å². The van der Waals surface area contributed by atoms with Crippen LogP contribution in [0.5, 0.6) is 5.75 Å². The van der Waals surface area contributed by atoms with E-state index in [0.29, 0.717) is 11.8 Å². The highest BCUT2D eigenvalue weighted by Gasteiger charge is 2.33. The van der Waals surface area contributed by atoms with Crippen molar-refractivity contribution in [3.8, 4) is 5.75 Å². The van der Waals surface area contributed by atoms with Gasteiger partial charge in [-0.05, 0) is 50.5 Å². The largest absolute Gasteiger partial charge is 0.508 e. The third-order valence-corrected chi connectivity index (χ3v) is 5.09. The fraction of sp³-hybridized carbons (Fsp3) is 0.455. The first-order valence-corrected chi connectivity index (χ1v) is 9.23. The summed E-state index contributed by atoms with van der Waals surface area (Å²) in [5.74, 6) is 0.339. The fourth-order valence-corrected chi connectivity index (χ4v) is 3.87. The van der Waals surface area contributed by atoms with Gasteiger partial charge >= 0.3 is 0 Å². The average Bonchev–Trinajstić information content (AvgIpc) is 2.57. The van der Waals surface area contributed by atoms with E-state index >= 15 is 0 Å². The Labute approximate surface area is 151 Å². The van der Waals surface area contributed by atoms with Crippen LogP contribution in [0, 0.1) is 0 Å². The molecular formula is C22H30N2O. The second-order valence-corrected chi connectivity index (χ2v) is 8.11. The van der Waals surface area contributed by atoms with E-state index in [2.05, 4.69) is 60.9 Å². The third-order valence-electron chi connectivity index (χ3n) is 5.09. The number of benzene rings is 2. The molecule has 0 aliphatic carbocycles. The second kappa shape index (κ2) is 7.59. The van der Waals surface area contributed by atoms with Gasteiger partial charge in [0.15, 0.2) is 0 Å². The van der Waals surface area contributed by atoms with Crippen LogP contribution in [0.25, 0.3) is 0 Å². The summed E-state index contributed by atoms with van der Waals surface area (Å²) in [7, 11) is 0. The molecule has 1 aliphatic heterocycles. The quantitative estimate of drug-likeness (QED) is 0.915. The van der Waals surface area contributed by atoms with Gasteiger partial charge in [-0.3, -0.25) is 9.80 Å². The summed E-state index contributed by atoms with van der Waals surface area (Å²) >= 11 is 0. The molecule has 134 valence electrons. The first-order chi connectivity index (χ1) is 11.9. The third kappa shape index (κ3) is 4.83. The van der Waals surface area contributed by atoms with Gasteiger partial charge < -0.3 is 5.11 Å². The van der Waals surface area contributed by atoms with Gasteiger partial charge in [0.2, 0.25) is 0 Å². The Morgan fingerprint density at radius 2 is 1.60 bits per heavy atom. The number of rotatable bonds is 4. The van der Waals surface area contributed by atoms with Gasteiger partial charge in [-0.1, -0.05) is 42.5 Å². The van der Waals surface area contributed by atoms with E-state index in [1.807, 2.05) is 12.1 Å². The highest BCUT2D eigenvalue weighted by Crippen LogP contribution is 2.25. The Kier molecular flexibility index (Phi) is 5.45. The average molecular weight is 338 g/mol. The van der Waals surface area contributed by atoms with Crippen LogP contribution in [0.3, 0.4) is 0 Å². The predicted molar refractivity (Wildman–Crippen MR) is 104 cm³/mol. The highest BCUT2D eigenvalue weighted by molar-refractivity contribution is 5.26. The minimum atomic E-state index is 0.167. The molecule has 0 bridgehead atoms. The molecule has 3 heteroatoms. The molecule has 2 aromatic rings. The van der Waals surface area contributed by atoms with E-state index in [9.17, 15) is 5.11 Å². The molecule has 1 N–H and O–H groups in total. The van der Waals surface area contributed by atoms with E-state index in [1.54, 1.807) is 12.1 Å². The first-order valence-electron chi connectivity index (χ1n) is 9.23. The van der Waals surface area contributed by atoms with Gasteiger partial charge in [-0.2, -0.15) is 0 Å². The minimum absolute atomic E-state index is 0.167. The zero-order valence-corrected chi connectivity index (χ0v) is 15.7. The zero-order valence-electron chi connectivity index (χ0n) is 15.7. The summed E-state index contributed by atoms with van der Waals surface area (Å²) in [5.41, 5.74) is 2.84. The molecule has 0 spiro atoms. The van der Waals surface area contributed by atoms with Crippen molar-refractivity contribution in [1.29, 1.82) is 0 Å². The van der Waals surface area contributed by atoms with E-state index in [1.165, 1.54) is 11.1 Å². The molecule has 0 radical (unpaired) electrons. The maximum absolute atomic E-state index is 9.53. The second-order valence-electron chi connectivity index (χ2n) is 8.11. The molecule has 0 aromatic heterocycles. The molecule has 0 unspecified atom stereocenters. The number of aromatic hydroxyl groups is 1. The Morgan fingerprint density at radius 1 is 0.920 bits per heavy atom. The number of hydrogen-bond acceptors (Lipinski definition) is 3. The molecule has 25 heavy (non-hydrogen) atoms. The summed E-state index contributed by atoms with van der Waals surface area (Å²) < 4.78 is 0. The maximum Gasteiger partial charge on any atom is 0.115 e. The van der Waals surface area contributed by atoms with Crippen molar-refractivity contribution < 1.29 is 5.11 Å². The summed E-state index contributed by atoms with van der Waals surface area (Å²) in [6, 6.07) is 18.9. The number of hydrogen-bond donors (Lipinski definition) is 1. The normalized spacial score (nSPS) is 19.9. The highest BCUT2D eigenvalue weighted by atomic mass is 16.3. The lowest BCUT2D eigenvalue weighted by atomic mass is 9.95. The molecule has 0 saturated carbocycles. The lowest BCUT2D eigenvalue weighted by molar-refractivity contribution is 0.00738. The number of nitrogens with zero attached hydrogens (tertiary/aromatic N) is 2. The SMILES string of the molecule is CC(C)(C)N1CCN(Cc2ccccc2)C[C@H]1Cc1ccc(O)cc1. The molecule has 1 fully saturated rings. The number of phenolic OH excluding ortho intramolecular Hbond substituents is 1. The van der Waals surface area contributed by atoms with Crippen LogP contribution in [0.2, 0.25) is 0 Å². The van der Waals surface area contributed by atoms with Crippen molar-refractivity contribution >= 4 is 0 Å². The van der Waals surface area contributed by atoms with Crippen LogP contribution >= 0.6 is 0 Å². The van der Waals surface area contributed by atoms with Gasteiger partial charge in [-0.15, -0.1) is 0 Å². The van der Waals surface area contributed by atoms with Crippen LogP contribution in [0.15, 0.2) is 54.6 Å². The number of phenols is 1. The zero-order chi connectivity index (χ0) is 17.9. The van der Waals surface area contributed by atoms with Crippen molar-refractivity contribution in [3.05, 3.63) is 65.7 Å². The molecule has 1 heterocycles. The van der Waals surface area contributed by atoms with E-state index < -0.39 is 0 Å². The van der Waals surface area contributed by atoms with Crippen LogP contribution in [-0.2, 0) is 13.0 Å². The van der Waals surface area contributed by atoms with Gasteiger partial charge in [-0.25, -0.2) is 0 Å². The van der Waals surface area contributed by atoms with Crippen molar-refractivity contribution in [3.63, 3.8) is 0 Å². The van der Waals surface area contributed by atoms with Gasteiger partial charge in [0.05, 0.1) is 0 Å². The Hall–Kier alpha value is -1.84. The molecule has 1 saturated heterocycles. The maximum atomic E-state index is 9.53. The van der Waals surface area contributed by atoms with Crippen molar-refractivity contribution in [2.24, 2.45) is 0 Å². The summed E-state index contributed by atoms with van der Waals surface area (Å²) in [6.07, 6.45) is 1.02. The topological polar surface area (TPSA) is 26.7 Å². The Balaban J connectivity index is 1.72. The lowest BCUT2D eigenvalue weighted by Crippen LogP contribution is -2.59. The summed E-state index contributed by atoms with van der Waals surface area (Å²) in [6.45, 7) is 11.2. The monoisotopic (exact) mass is 338 g/mol. The number of piperazine rings is 1. The van der Waals surface area contributed by atoms with Crippen molar-refractivity contribution in [2.45, 2.75) is 45.3 Å². The van der Waals surface area contributed by atoms with Crippen LogP contribution < -0.4 is 0 Å². The smallest absolute Gasteiger partial charge is 0.115 e. The van der Waals surface area contributed by atoms with Gasteiger partial charge in [0.25, 0.3) is 0 Å². The molecule has 1 atom stereocenters. The summed E-state index contributed by atoms with van der Waals surface area (Å²) in [5, 5.41) is 9.53. The first kappa shape index (κ1) is 18.0. The molecule has 3 nitrogen and oxygen atoms in total. The Morgan fingerprint density at radius 3 is 2.24 bits per heavy atom. The van der Waals surface area contributed by atoms with E-state index in [4.69, 9.17) is 0 Å². The molecule has 0 amide bonds. The van der Waals surface area contributed by atoms with Gasteiger partial charge in [0.1, 0.15) is 5.75 Å². The van der Waals surface area contributed by atoms with E-state index in [-0.39, 0.29) is 5.54 Å². The van der Waals surface area contributed by atoms with Crippen LogP contribution in [0.4, 0.5) is 0 Å². The predicted octanol–water partition coefficient (Wildman–Crippen LogP) is 3.92. The molecule has 3 rings (SSSR count). The molecular weight excluding hydrogens is 308 g/mol. The molecule has 1 aliphatic rings. The minimum Gasteiger partial charge on any atom is -0.508 e. The standard InChI is InChI=1S/C22H30N2O/c1-22(2,3)24-14-13-23(16-19-7-5-4-6-8-19)17-20(24)15-18-9-11-21(25)12-10-18/h4-12,20,25H,13-17H2,1-3H3/t20-/m1/s1.